The van der Waals surface area contributed by atoms with Gasteiger partial charge in [0.2, 0.25) is 5.95 Å². The molecule has 4 N–H and O–H groups in total. The van der Waals surface area contributed by atoms with Crippen LogP contribution in [0.2, 0.25) is 0 Å². The van der Waals surface area contributed by atoms with Gasteiger partial charge in [-0.2, -0.15) is 4.98 Å². The van der Waals surface area contributed by atoms with Crippen LogP contribution in [0.4, 0.5) is 11.8 Å². The molecule has 1 aromatic heterocycles. The molecule has 0 fully saturated rings. The Morgan fingerprint density at radius 3 is 2.52 bits per heavy atom. The van der Waals surface area contributed by atoms with Crippen molar-refractivity contribution >= 4 is 23.5 Å². The summed E-state index contributed by atoms with van der Waals surface area (Å²) in [6.45, 7) is 6.15. The minimum atomic E-state index is -0.116. The second-order valence-corrected chi connectivity index (χ2v) is 7.23. The molecule has 2 rings (SSSR count). The average molecular weight is 393 g/mol. The molecule has 0 amide bonds. The number of ether oxygens (including phenoxy) is 2. The number of aliphatic hydroxyl groups excluding tert-OH is 1. The van der Waals surface area contributed by atoms with E-state index in [2.05, 4.69) is 29.1 Å². The standard InChI is InChI=1S/C19H28N4O3S/c1-6-12(10-24)22-19-21-9-16(18(20)23-19)26-14-8-17(27-5)15(25-4)7-13(14)11(2)3/h7-9,11-12,24H,6,10H2,1-5H3,(H3,20,21,22,23)/t12-/m1/s1. The fourth-order valence-electron chi connectivity index (χ4n) is 2.53. The molecular formula is C19H28N4O3S. The summed E-state index contributed by atoms with van der Waals surface area (Å²) in [6.07, 6.45) is 4.28. The predicted octanol–water partition coefficient (Wildman–Crippen LogP) is 3.89. The van der Waals surface area contributed by atoms with Crippen molar-refractivity contribution in [2.75, 3.05) is 31.0 Å². The van der Waals surface area contributed by atoms with Gasteiger partial charge in [-0.3, -0.25) is 0 Å². The van der Waals surface area contributed by atoms with Gasteiger partial charge in [0, 0.05) is 5.56 Å². The Hall–Kier alpha value is -2.19. The van der Waals surface area contributed by atoms with E-state index < -0.39 is 0 Å². The number of rotatable bonds is 9. The van der Waals surface area contributed by atoms with E-state index in [4.69, 9.17) is 15.2 Å². The molecule has 1 aromatic carbocycles. The fraction of sp³-hybridized carbons (Fsp3) is 0.474. The molecule has 0 spiro atoms. The molecule has 1 heterocycles. The van der Waals surface area contributed by atoms with E-state index in [-0.39, 0.29) is 24.4 Å². The Morgan fingerprint density at radius 1 is 1.26 bits per heavy atom. The molecule has 0 bridgehead atoms. The topological polar surface area (TPSA) is 103 Å². The van der Waals surface area contributed by atoms with E-state index in [0.717, 1.165) is 22.6 Å². The van der Waals surface area contributed by atoms with Crippen molar-refractivity contribution in [2.24, 2.45) is 0 Å². The number of thioether (sulfide) groups is 1. The predicted molar refractivity (Wildman–Crippen MR) is 110 cm³/mol. The SMILES string of the molecule is CC[C@H](CO)Nc1ncc(Oc2cc(SC)c(OC)cc2C(C)C)c(N)n1. The Balaban J connectivity index is 2.33. The molecule has 1 atom stereocenters. The van der Waals surface area contributed by atoms with Crippen LogP contribution < -0.4 is 20.5 Å². The first-order valence-electron chi connectivity index (χ1n) is 8.87. The summed E-state index contributed by atoms with van der Waals surface area (Å²) in [5.74, 6) is 2.74. The molecule has 148 valence electrons. The van der Waals surface area contributed by atoms with Gasteiger partial charge < -0.3 is 25.6 Å². The lowest BCUT2D eigenvalue weighted by atomic mass is 10.0. The van der Waals surface area contributed by atoms with Crippen LogP contribution in [-0.4, -0.2) is 41.1 Å². The van der Waals surface area contributed by atoms with Gasteiger partial charge in [0.25, 0.3) is 0 Å². The van der Waals surface area contributed by atoms with Crippen molar-refractivity contribution in [3.8, 4) is 17.2 Å². The maximum atomic E-state index is 9.29. The third kappa shape index (κ3) is 5.17. The van der Waals surface area contributed by atoms with Crippen LogP contribution in [0, 0.1) is 0 Å². The molecule has 0 unspecified atom stereocenters. The molecule has 0 saturated carbocycles. The highest BCUT2D eigenvalue weighted by atomic mass is 32.2. The number of nitrogens with two attached hydrogens (primary N) is 1. The molecule has 0 aliphatic heterocycles. The number of nitrogens with zero attached hydrogens (tertiary/aromatic N) is 2. The fourth-order valence-corrected chi connectivity index (χ4v) is 3.09. The Morgan fingerprint density at radius 2 is 2.00 bits per heavy atom. The van der Waals surface area contributed by atoms with Gasteiger partial charge in [0.05, 0.1) is 30.9 Å². The van der Waals surface area contributed by atoms with Crippen LogP contribution in [0.25, 0.3) is 0 Å². The van der Waals surface area contributed by atoms with E-state index in [1.165, 1.54) is 0 Å². The number of anilines is 2. The zero-order chi connectivity index (χ0) is 20.0. The number of aromatic nitrogens is 2. The summed E-state index contributed by atoms with van der Waals surface area (Å²) >= 11 is 1.58. The highest BCUT2D eigenvalue weighted by Gasteiger charge is 2.17. The summed E-state index contributed by atoms with van der Waals surface area (Å²) in [5.41, 5.74) is 7.08. The van der Waals surface area contributed by atoms with E-state index in [1.54, 1.807) is 25.1 Å². The molecule has 7 nitrogen and oxygen atoms in total. The third-order valence-electron chi connectivity index (χ3n) is 4.19. The molecule has 0 radical (unpaired) electrons. The first-order valence-corrected chi connectivity index (χ1v) is 10.1. The van der Waals surface area contributed by atoms with E-state index in [0.29, 0.717) is 17.4 Å². The normalized spacial score (nSPS) is 12.1. The van der Waals surface area contributed by atoms with E-state index in [1.807, 2.05) is 25.3 Å². The number of hydrogen-bond donors (Lipinski definition) is 3. The van der Waals surface area contributed by atoms with Crippen molar-refractivity contribution < 1.29 is 14.6 Å². The number of hydrogen-bond acceptors (Lipinski definition) is 8. The Bertz CT molecular complexity index is 767. The summed E-state index contributed by atoms with van der Waals surface area (Å²) in [7, 11) is 1.66. The van der Waals surface area contributed by atoms with Crippen LogP contribution in [0.1, 0.15) is 38.7 Å². The minimum absolute atomic E-state index is 0.000918. The summed E-state index contributed by atoms with van der Waals surface area (Å²) in [6, 6.07) is 3.82. The van der Waals surface area contributed by atoms with Crippen LogP contribution in [0.15, 0.2) is 23.2 Å². The van der Waals surface area contributed by atoms with Gasteiger partial charge in [-0.15, -0.1) is 11.8 Å². The van der Waals surface area contributed by atoms with Crippen molar-refractivity contribution in [2.45, 2.75) is 44.0 Å². The largest absolute Gasteiger partial charge is 0.496 e. The maximum absolute atomic E-state index is 9.29. The number of nitrogens with one attached hydrogen (secondary N) is 1. The zero-order valence-electron chi connectivity index (χ0n) is 16.4. The Kier molecular flexibility index (Phi) is 7.55. The average Bonchev–Trinajstić information content (AvgIpc) is 2.67. The zero-order valence-corrected chi connectivity index (χ0v) is 17.3. The van der Waals surface area contributed by atoms with Crippen LogP contribution >= 0.6 is 11.8 Å². The van der Waals surface area contributed by atoms with E-state index in [9.17, 15) is 5.11 Å². The monoisotopic (exact) mass is 392 g/mol. The number of benzene rings is 1. The first kappa shape index (κ1) is 21.1. The first-order chi connectivity index (χ1) is 12.9. The number of nitrogen functional groups attached to an aromatic ring is 1. The molecule has 8 heteroatoms. The van der Waals surface area contributed by atoms with Crippen LogP contribution in [0.5, 0.6) is 17.2 Å². The highest BCUT2D eigenvalue weighted by Crippen LogP contribution is 2.40. The molecule has 27 heavy (non-hydrogen) atoms. The van der Waals surface area contributed by atoms with Crippen molar-refractivity contribution in [1.29, 1.82) is 0 Å². The lowest BCUT2D eigenvalue weighted by Crippen LogP contribution is -2.24. The highest BCUT2D eigenvalue weighted by molar-refractivity contribution is 7.98. The van der Waals surface area contributed by atoms with E-state index >= 15 is 0 Å². The van der Waals surface area contributed by atoms with Crippen LogP contribution in [0.3, 0.4) is 0 Å². The van der Waals surface area contributed by atoms with Gasteiger partial charge in [-0.25, -0.2) is 4.98 Å². The van der Waals surface area contributed by atoms with Gasteiger partial charge in [0.1, 0.15) is 11.5 Å². The lowest BCUT2D eigenvalue weighted by Gasteiger charge is -2.18. The van der Waals surface area contributed by atoms with Crippen LogP contribution in [-0.2, 0) is 0 Å². The summed E-state index contributed by atoms with van der Waals surface area (Å²) < 4.78 is 11.5. The maximum Gasteiger partial charge on any atom is 0.225 e. The minimum Gasteiger partial charge on any atom is -0.496 e. The molecule has 0 aliphatic carbocycles. The quantitative estimate of drug-likeness (QED) is 0.552. The summed E-state index contributed by atoms with van der Waals surface area (Å²) in [5, 5.41) is 12.3. The Labute approximate surface area is 164 Å². The van der Waals surface area contributed by atoms with Crippen molar-refractivity contribution in [3.05, 3.63) is 23.9 Å². The van der Waals surface area contributed by atoms with Crippen molar-refractivity contribution in [1.82, 2.24) is 9.97 Å². The van der Waals surface area contributed by atoms with Gasteiger partial charge in [0.15, 0.2) is 11.6 Å². The second kappa shape index (κ2) is 9.66. The number of methoxy groups -OCH3 is 1. The molecular weight excluding hydrogens is 364 g/mol. The van der Waals surface area contributed by atoms with Gasteiger partial charge >= 0.3 is 0 Å². The summed E-state index contributed by atoms with van der Waals surface area (Å²) in [4.78, 5) is 9.47. The van der Waals surface area contributed by atoms with Gasteiger partial charge in [-0.1, -0.05) is 20.8 Å². The molecule has 0 saturated heterocycles. The molecule has 0 aliphatic rings. The smallest absolute Gasteiger partial charge is 0.225 e. The van der Waals surface area contributed by atoms with Crippen molar-refractivity contribution in [3.63, 3.8) is 0 Å². The van der Waals surface area contributed by atoms with Gasteiger partial charge in [-0.05, 0) is 30.7 Å². The third-order valence-corrected chi connectivity index (χ3v) is 4.95. The number of aliphatic hydroxyl groups is 1. The lowest BCUT2D eigenvalue weighted by molar-refractivity contribution is 0.271. The second-order valence-electron chi connectivity index (χ2n) is 6.38. The molecule has 2 aromatic rings.